The van der Waals surface area contributed by atoms with E-state index in [2.05, 4.69) is 4.98 Å². The van der Waals surface area contributed by atoms with Crippen LogP contribution < -0.4 is 4.90 Å². The molecular weight excluding hydrogens is 231 g/mol. The normalized spacial score (nSPS) is 20.6. The Morgan fingerprint density at radius 3 is 3.00 bits per heavy atom. The smallest absolute Gasteiger partial charge is 0.227 e. The number of amides is 1. The molecule has 1 atom stereocenters. The predicted molar refractivity (Wildman–Crippen MR) is 60.1 cm³/mol. The monoisotopic (exact) mass is 242 g/mol. The van der Waals surface area contributed by atoms with Crippen LogP contribution in [0, 0.1) is 18.8 Å². The zero-order valence-electron chi connectivity index (χ0n) is 8.91. The molecule has 0 radical (unpaired) electrons. The molecule has 0 bridgehead atoms. The SMILES string of the molecule is Cc1cc(F)ncc1N1CC(CCl)CC1=O. The first-order chi connectivity index (χ1) is 7.61. The third-order valence-corrected chi connectivity index (χ3v) is 3.20. The lowest BCUT2D eigenvalue weighted by Crippen LogP contribution is -2.25. The fraction of sp³-hybridized carbons (Fsp3) is 0.455. The van der Waals surface area contributed by atoms with Crippen LogP contribution in [0.1, 0.15) is 12.0 Å². The van der Waals surface area contributed by atoms with Gasteiger partial charge in [-0.15, -0.1) is 11.6 Å². The second-order valence-electron chi connectivity index (χ2n) is 4.02. The summed E-state index contributed by atoms with van der Waals surface area (Å²) in [4.78, 5) is 16.9. The van der Waals surface area contributed by atoms with E-state index < -0.39 is 5.95 Å². The second-order valence-corrected chi connectivity index (χ2v) is 4.33. The van der Waals surface area contributed by atoms with Crippen LogP contribution in [-0.2, 0) is 4.79 Å². The molecule has 1 unspecified atom stereocenters. The molecule has 1 fully saturated rings. The molecule has 1 aromatic heterocycles. The Morgan fingerprint density at radius 1 is 1.69 bits per heavy atom. The van der Waals surface area contributed by atoms with Crippen molar-refractivity contribution < 1.29 is 9.18 Å². The minimum Gasteiger partial charge on any atom is -0.310 e. The molecule has 16 heavy (non-hydrogen) atoms. The highest BCUT2D eigenvalue weighted by atomic mass is 35.5. The number of halogens is 2. The number of rotatable bonds is 2. The first kappa shape index (κ1) is 11.3. The fourth-order valence-electron chi connectivity index (χ4n) is 1.91. The van der Waals surface area contributed by atoms with Crippen LogP contribution in [0.25, 0.3) is 0 Å². The largest absolute Gasteiger partial charge is 0.310 e. The van der Waals surface area contributed by atoms with Crippen molar-refractivity contribution in [1.82, 2.24) is 4.98 Å². The highest BCUT2D eigenvalue weighted by Gasteiger charge is 2.30. The zero-order chi connectivity index (χ0) is 11.7. The number of aromatic nitrogens is 1. The lowest BCUT2D eigenvalue weighted by Gasteiger charge is -2.18. The summed E-state index contributed by atoms with van der Waals surface area (Å²) in [5.74, 6) is 0.151. The average Bonchev–Trinajstić information content (AvgIpc) is 2.60. The quantitative estimate of drug-likeness (QED) is 0.588. The third kappa shape index (κ3) is 2.02. The van der Waals surface area contributed by atoms with Gasteiger partial charge < -0.3 is 4.90 Å². The van der Waals surface area contributed by atoms with Gasteiger partial charge in [-0.1, -0.05) is 0 Å². The molecular formula is C11H12ClFN2O. The number of hydrogen-bond acceptors (Lipinski definition) is 2. The van der Waals surface area contributed by atoms with Gasteiger partial charge in [-0.05, 0) is 24.5 Å². The highest BCUT2D eigenvalue weighted by molar-refractivity contribution is 6.18. The molecule has 1 amide bonds. The second kappa shape index (κ2) is 4.37. The van der Waals surface area contributed by atoms with Gasteiger partial charge in [-0.3, -0.25) is 4.79 Å². The van der Waals surface area contributed by atoms with Crippen LogP contribution in [0.15, 0.2) is 12.3 Å². The van der Waals surface area contributed by atoms with Gasteiger partial charge in [-0.2, -0.15) is 4.39 Å². The number of hydrogen-bond donors (Lipinski definition) is 0. The highest BCUT2D eigenvalue weighted by Crippen LogP contribution is 2.27. The van der Waals surface area contributed by atoms with Gasteiger partial charge in [0.05, 0.1) is 11.9 Å². The van der Waals surface area contributed by atoms with Crippen molar-refractivity contribution >= 4 is 23.2 Å². The minimum absolute atomic E-state index is 0.0298. The number of anilines is 1. The van der Waals surface area contributed by atoms with Crippen molar-refractivity contribution in [1.29, 1.82) is 0 Å². The molecule has 0 aromatic carbocycles. The maximum atomic E-state index is 12.8. The van der Waals surface area contributed by atoms with Crippen molar-refractivity contribution in [3.05, 3.63) is 23.8 Å². The van der Waals surface area contributed by atoms with Crippen LogP contribution in [0.5, 0.6) is 0 Å². The van der Waals surface area contributed by atoms with Gasteiger partial charge >= 0.3 is 0 Å². The van der Waals surface area contributed by atoms with Crippen molar-refractivity contribution in [2.45, 2.75) is 13.3 Å². The summed E-state index contributed by atoms with van der Waals surface area (Å²) in [6.45, 7) is 2.36. The summed E-state index contributed by atoms with van der Waals surface area (Å²) in [6.07, 6.45) is 1.86. The van der Waals surface area contributed by atoms with Gasteiger partial charge in [0.1, 0.15) is 0 Å². The Morgan fingerprint density at radius 2 is 2.44 bits per heavy atom. The Balaban J connectivity index is 2.28. The summed E-state index contributed by atoms with van der Waals surface area (Å²) in [7, 11) is 0. The Kier molecular flexibility index (Phi) is 3.10. The van der Waals surface area contributed by atoms with Crippen LogP contribution >= 0.6 is 11.6 Å². The lowest BCUT2D eigenvalue weighted by atomic mass is 10.1. The number of aryl methyl sites for hydroxylation is 1. The predicted octanol–water partition coefficient (Wildman–Crippen LogP) is 2.12. The number of carbonyl (C=O) groups is 1. The van der Waals surface area contributed by atoms with Crippen molar-refractivity contribution in [3.8, 4) is 0 Å². The minimum atomic E-state index is -0.526. The fourth-order valence-corrected chi connectivity index (χ4v) is 2.12. The van der Waals surface area contributed by atoms with E-state index in [1.165, 1.54) is 12.3 Å². The number of pyridine rings is 1. The number of nitrogens with zero attached hydrogens (tertiary/aromatic N) is 2. The topological polar surface area (TPSA) is 33.2 Å². The Hall–Kier alpha value is -1.16. The van der Waals surface area contributed by atoms with E-state index in [1.807, 2.05) is 0 Å². The average molecular weight is 243 g/mol. The first-order valence-corrected chi connectivity index (χ1v) is 5.63. The molecule has 2 heterocycles. The molecule has 1 aromatic rings. The standard InChI is InChI=1S/C11H12ClFN2O/c1-7-2-10(13)14-5-9(7)15-6-8(4-12)3-11(15)16/h2,5,8H,3-4,6H2,1H3. The van der Waals surface area contributed by atoms with Crippen LogP contribution in [-0.4, -0.2) is 23.3 Å². The van der Waals surface area contributed by atoms with E-state index in [1.54, 1.807) is 11.8 Å². The molecule has 86 valence electrons. The molecule has 0 saturated carbocycles. The third-order valence-electron chi connectivity index (χ3n) is 2.76. The van der Waals surface area contributed by atoms with E-state index >= 15 is 0 Å². The van der Waals surface area contributed by atoms with Gasteiger partial charge in [0.25, 0.3) is 0 Å². The molecule has 3 nitrogen and oxygen atoms in total. The summed E-state index contributed by atoms with van der Waals surface area (Å²) in [5, 5.41) is 0. The van der Waals surface area contributed by atoms with Crippen LogP contribution in [0.2, 0.25) is 0 Å². The molecule has 0 spiro atoms. The maximum Gasteiger partial charge on any atom is 0.227 e. The van der Waals surface area contributed by atoms with Crippen LogP contribution in [0.3, 0.4) is 0 Å². The summed E-state index contributed by atoms with van der Waals surface area (Å²) < 4.78 is 12.8. The molecule has 0 aliphatic carbocycles. The molecule has 2 rings (SSSR count). The van der Waals surface area contributed by atoms with Crippen molar-refractivity contribution in [2.75, 3.05) is 17.3 Å². The van der Waals surface area contributed by atoms with E-state index in [4.69, 9.17) is 11.6 Å². The number of carbonyl (C=O) groups excluding carboxylic acids is 1. The van der Waals surface area contributed by atoms with Crippen molar-refractivity contribution in [3.63, 3.8) is 0 Å². The van der Waals surface area contributed by atoms with Crippen LogP contribution in [0.4, 0.5) is 10.1 Å². The Bertz CT molecular complexity index is 424. The van der Waals surface area contributed by atoms with Gasteiger partial charge in [0, 0.05) is 18.8 Å². The molecule has 1 saturated heterocycles. The van der Waals surface area contributed by atoms with E-state index in [0.29, 0.717) is 24.5 Å². The molecule has 0 N–H and O–H groups in total. The van der Waals surface area contributed by atoms with Gasteiger partial charge in [0.15, 0.2) is 0 Å². The maximum absolute atomic E-state index is 12.8. The van der Waals surface area contributed by atoms with E-state index in [0.717, 1.165) is 5.56 Å². The molecule has 1 aliphatic heterocycles. The first-order valence-electron chi connectivity index (χ1n) is 5.10. The van der Waals surface area contributed by atoms with E-state index in [-0.39, 0.29) is 11.8 Å². The molecule has 5 heteroatoms. The Labute approximate surface area is 98.2 Å². The molecule has 1 aliphatic rings. The van der Waals surface area contributed by atoms with Crippen molar-refractivity contribution in [2.24, 2.45) is 5.92 Å². The van der Waals surface area contributed by atoms with E-state index in [9.17, 15) is 9.18 Å². The summed E-state index contributed by atoms with van der Waals surface area (Å²) in [5.41, 5.74) is 1.40. The summed E-state index contributed by atoms with van der Waals surface area (Å²) in [6, 6.07) is 1.33. The lowest BCUT2D eigenvalue weighted by molar-refractivity contribution is -0.117. The zero-order valence-corrected chi connectivity index (χ0v) is 9.67. The number of alkyl halides is 1. The summed E-state index contributed by atoms with van der Waals surface area (Å²) >= 11 is 5.74. The van der Waals surface area contributed by atoms with Gasteiger partial charge in [-0.25, -0.2) is 4.98 Å². The van der Waals surface area contributed by atoms with Gasteiger partial charge in [0.2, 0.25) is 11.9 Å².